The van der Waals surface area contributed by atoms with Gasteiger partial charge < -0.3 is 9.73 Å². The van der Waals surface area contributed by atoms with Crippen LogP contribution in [0.15, 0.2) is 38.5 Å². The molecule has 0 radical (unpaired) electrons. The lowest BCUT2D eigenvalue weighted by molar-refractivity contribution is 0.0994. The lowest BCUT2D eigenvalue weighted by Crippen LogP contribution is -2.13. The fourth-order valence-electron chi connectivity index (χ4n) is 2.45. The number of nitrogens with one attached hydrogen (secondary N) is 2. The Balaban J connectivity index is 1.86. The fourth-order valence-corrected chi connectivity index (χ4v) is 3.44. The molecule has 0 aliphatic carbocycles. The number of aromatic amines is 1. The predicted octanol–water partition coefficient (Wildman–Crippen LogP) is 4.29. The second kappa shape index (κ2) is 7.14. The van der Waals surface area contributed by atoms with Crippen LogP contribution in [0.25, 0.3) is 0 Å². The first-order valence-electron chi connectivity index (χ1n) is 8.05. The van der Waals surface area contributed by atoms with E-state index in [4.69, 9.17) is 4.42 Å². The third kappa shape index (κ3) is 3.61. The van der Waals surface area contributed by atoms with E-state index in [0.717, 1.165) is 26.9 Å². The molecular formula is C18H20N4O2S. The lowest BCUT2D eigenvalue weighted by Gasteiger charge is -2.10. The van der Waals surface area contributed by atoms with Crippen LogP contribution in [0.1, 0.15) is 40.5 Å². The summed E-state index contributed by atoms with van der Waals surface area (Å²) in [7, 11) is 0. The Morgan fingerprint density at radius 3 is 2.64 bits per heavy atom. The first kappa shape index (κ1) is 17.3. The number of amides is 1. The van der Waals surface area contributed by atoms with Crippen LogP contribution in [0, 0.1) is 20.8 Å². The molecule has 0 saturated heterocycles. The van der Waals surface area contributed by atoms with Gasteiger partial charge in [-0.2, -0.15) is 5.10 Å². The minimum Gasteiger partial charge on any atom is -0.435 e. The van der Waals surface area contributed by atoms with Crippen LogP contribution < -0.4 is 5.32 Å². The Morgan fingerprint density at radius 1 is 1.24 bits per heavy atom. The van der Waals surface area contributed by atoms with Crippen LogP contribution in [0.3, 0.4) is 0 Å². The van der Waals surface area contributed by atoms with Crippen molar-refractivity contribution in [1.29, 1.82) is 0 Å². The van der Waals surface area contributed by atoms with E-state index in [9.17, 15) is 4.79 Å². The van der Waals surface area contributed by atoms with E-state index in [1.54, 1.807) is 18.7 Å². The summed E-state index contributed by atoms with van der Waals surface area (Å²) >= 11 is 1.57. The summed E-state index contributed by atoms with van der Waals surface area (Å²) in [6.07, 6.45) is 0.652. The van der Waals surface area contributed by atoms with Gasteiger partial charge in [-0.1, -0.05) is 30.8 Å². The summed E-state index contributed by atoms with van der Waals surface area (Å²) in [5, 5.41) is 10.1. The molecule has 3 aromatic rings. The van der Waals surface area contributed by atoms with Crippen molar-refractivity contribution in [1.82, 2.24) is 15.2 Å². The fraction of sp³-hybridized carbons (Fsp3) is 0.278. The van der Waals surface area contributed by atoms with Gasteiger partial charge in [0.25, 0.3) is 5.91 Å². The molecule has 1 amide bonds. The second-order valence-electron chi connectivity index (χ2n) is 5.69. The molecule has 0 unspecified atom stereocenters. The topological polar surface area (TPSA) is 83.8 Å². The van der Waals surface area contributed by atoms with E-state index in [1.807, 2.05) is 45.0 Å². The molecule has 0 atom stereocenters. The molecule has 25 heavy (non-hydrogen) atoms. The van der Waals surface area contributed by atoms with Crippen LogP contribution in [0.5, 0.6) is 0 Å². The number of H-pyrrole nitrogens is 1. The van der Waals surface area contributed by atoms with E-state index in [2.05, 4.69) is 20.5 Å². The van der Waals surface area contributed by atoms with Gasteiger partial charge in [0.15, 0.2) is 5.89 Å². The number of para-hydroxylation sites is 1. The molecule has 0 spiro atoms. The van der Waals surface area contributed by atoms with Gasteiger partial charge in [0.05, 0.1) is 22.0 Å². The number of hydrogen-bond donors (Lipinski definition) is 2. The van der Waals surface area contributed by atoms with Crippen molar-refractivity contribution in [2.45, 2.75) is 43.9 Å². The number of aromatic nitrogens is 3. The highest BCUT2D eigenvalue weighted by Crippen LogP contribution is 2.36. The van der Waals surface area contributed by atoms with Gasteiger partial charge in [0, 0.05) is 17.0 Å². The van der Waals surface area contributed by atoms with E-state index < -0.39 is 0 Å². The number of oxazole rings is 1. The zero-order chi connectivity index (χ0) is 18.0. The predicted molar refractivity (Wildman–Crippen MR) is 97.2 cm³/mol. The minimum absolute atomic E-state index is 0.257. The highest BCUT2D eigenvalue weighted by atomic mass is 32.2. The Bertz CT molecular complexity index is 894. The molecule has 0 aliphatic rings. The molecule has 6 nitrogen and oxygen atoms in total. The first-order valence-corrected chi connectivity index (χ1v) is 8.87. The summed E-state index contributed by atoms with van der Waals surface area (Å²) in [4.78, 5) is 18.8. The zero-order valence-corrected chi connectivity index (χ0v) is 15.5. The molecule has 2 heterocycles. The maximum atomic E-state index is 12.6. The molecule has 1 aromatic carbocycles. The summed E-state index contributed by atoms with van der Waals surface area (Å²) in [5.41, 5.74) is 3.26. The average molecular weight is 356 g/mol. The van der Waals surface area contributed by atoms with Crippen molar-refractivity contribution < 1.29 is 9.21 Å². The molecule has 3 rings (SSSR count). The highest BCUT2D eigenvalue weighted by Gasteiger charge is 2.19. The Labute approximate surface area is 150 Å². The van der Waals surface area contributed by atoms with Crippen LogP contribution in [-0.4, -0.2) is 21.1 Å². The third-order valence-corrected chi connectivity index (χ3v) is 5.14. The van der Waals surface area contributed by atoms with Crippen LogP contribution in [0.2, 0.25) is 0 Å². The van der Waals surface area contributed by atoms with Gasteiger partial charge in [-0.25, -0.2) is 4.98 Å². The molecule has 0 saturated carbocycles. The van der Waals surface area contributed by atoms with Gasteiger partial charge in [-0.3, -0.25) is 9.89 Å². The standard InChI is InChI=1S/C18H20N4O2S/c1-5-15-19-10(2)16(24-15)18(23)20-13-8-6-7-9-14(13)25-17-11(3)21-22-12(17)4/h6-9H,5H2,1-4H3,(H,20,23)(H,21,22). The number of rotatable bonds is 5. The largest absolute Gasteiger partial charge is 0.435 e. The smallest absolute Gasteiger partial charge is 0.293 e. The Morgan fingerprint density at radius 2 is 2.00 bits per heavy atom. The van der Waals surface area contributed by atoms with Gasteiger partial charge in [0.1, 0.15) is 0 Å². The van der Waals surface area contributed by atoms with Crippen LogP contribution in [-0.2, 0) is 6.42 Å². The molecule has 0 fully saturated rings. The molecule has 2 aromatic heterocycles. The minimum atomic E-state index is -0.293. The lowest BCUT2D eigenvalue weighted by atomic mass is 10.3. The quantitative estimate of drug-likeness (QED) is 0.712. The van der Waals surface area contributed by atoms with E-state index in [1.165, 1.54) is 0 Å². The maximum absolute atomic E-state index is 12.6. The van der Waals surface area contributed by atoms with Crippen molar-refractivity contribution in [2.75, 3.05) is 5.32 Å². The van der Waals surface area contributed by atoms with E-state index in [0.29, 0.717) is 18.0 Å². The number of benzene rings is 1. The number of anilines is 1. The Hall–Kier alpha value is -2.54. The van der Waals surface area contributed by atoms with Gasteiger partial charge >= 0.3 is 0 Å². The van der Waals surface area contributed by atoms with Crippen LogP contribution >= 0.6 is 11.8 Å². The zero-order valence-electron chi connectivity index (χ0n) is 14.6. The van der Waals surface area contributed by atoms with Gasteiger partial charge in [0.2, 0.25) is 5.76 Å². The molecular weight excluding hydrogens is 336 g/mol. The number of aryl methyl sites for hydroxylation is 4. The number of carbonyl (C=O) groups is 1. The summed E-state index contributed by atoms with van der Waals surface area (Å²) in [6, 6.07) is 7.67. The molecule has 0 bridgehead atoms. The Kier molecular flexibility index (Phi) is 4.94. The number of hydrogen-bond acceptors (Lipinski definition) is 5. The monoisotopic (exact) mass is 356 g/mol. The maximum Gasteiger partial charge on any atom is 0.293 e. The molecule has 0 aliphatic heterocycles. The van der Waals surface area contributed by atoms with Crippen molar-refractivity contribution in [2.24, 2.45) is 0 Å². The molecule has 7 heteroatoms. The normalized spacial score (nSPS) is 10.9. The summed E-state index contributed by atoms with van der Waals surface area (Å²) in [5.74, 6) is 0.528. The average Bonchev–Trinajstić information content (AvgIpc) is 3.13. The number of nitrogens with zero attached hydrogens (tertiary/aromatic N) is 2. The molecule has 2 N–H and O–H groups in total. The number of carbonyl (C=O) groups excluding carboxylic acids is 1. The first-order chi connectivity index (χ1) is 12.0. The van der Waals surface area contributed by atoms with Gasteiger partial charge in [-0.15, -0.1) is 0 Å². The SMILES string of the molecule is CCc1nc(C)c(C(=O)Nc2ccccc2Sc2c(C)n[nH]c2C)o1. The molecule has 130 valence electrons. The van der Waals surface area contributed by atoms with Crippen molar-refractivity contribution in [3.8, 4) is 0 Å². The van der Waals surface area contributed by atoms with Crippen molar-refractivity contribution in [3.63, 3.8) is 0 Å². The highest BCUT2D eigenvalue weighted by molar-refractivity contribution is 7.99. The van der Waals surface area contributed by atoms with E-state index in [-0.39, 0.29) is 11.7 Å². The van der Waals surface area contributed by atoms with Crippen LogP contribution in [0.4, 0.5) is 5.69 Å². The van der Waals surface area contributed by atoms with E-state index >= 15 is 0 Å². The van der Waals surface area contributed by atoms with Gasteiger partial charge in [-0.05, 0) is 32.9 Å². The second-order valence-corrected chi connectivity index (χ2v) is 6.74. The third-order valence-electron chi connectivity index (χ3n) is 3.76. The van der Waals surface area contributed by atoms with Crippen molar-refractivity contribution in [3.05, 3.63) is 53.0 Å². The van der Waals surface area contributed by atoms with Crippen molar-refractivity contribution >= 4 is 23.4 Å². The summed E-state index contributed by atoms with van der Waals surface area (Å²) in [6.45, 7) is 7.65. The summed E-state index contributed by atoms with van der Waals surface area (Å²) < 4.78 is 5.54.